The van der Waals surface area contributed by atoms with Crippen molar-refractivity contribution in [2.75, 3.05) is 31.1 Å². The third-order valence-corrected chi connectivity index (χ3v) is 7.56. The van der Waals surface area contributed by atoms with Crippen LogP contribution >= 0.6 is 11.9 Å². The number of methoxy groups -OCH3 is 1. The zero-order chi connectivity index (χ0) is 23.9. The summed E-state index contributed by atoms with van der Waals surface area (Å²) in [4.78, 5) is 7.11. The summed E-state index contributed by atoms with van der Waals surface area (Å²) in [6, 6.07) is 14.6. The Morgan fingerprint density at radius 3 is 2.50 bits per heavy atom. The van der Waals surface area contributed by atoms with Gasteiger partial charge < -0.3 is 9.04 Å². The Morgan fingerprint density at radius 1 is 1.12 bits per heavy atom. The lowest BCUT2D eigenvalue weighted by Crippen LogP contribution is -2.43. The number of anilines is 1. The average Bonchev–Trinajstić information content (AvgIpc) is 3.36. The Balaban J connectivity index is 1.39. The fourth-order valence-corrected chi connectivity index (χ4v) is 5.45. The largest absolute Gasteiger partial charge is 0.383 e. The quantitative estimate of drug-likeness (QED) is 0.439. The van der Waals surface area contributed by atoms with Crippen LogP contribution < -0.4 is 4.31 Å². The summed E-state index contributed by atoms with van der Waals surface area (Å²) in [5, 5.41) is 8.04. The van der Waals surface area contributed by atoms with Gasteiger partial charge in [-0.25, -0.2) is 8.78 Å². The molecule has 0 spiro atoms. The normalized spacial score (nSPS) is 18.1. The number of piperidine rings is 1. The summed E-state index contributed by atoms with van der Waals surface area (Å²) in [6.07, 6.45) is 1.47. The summed E-state index contributed by atoms with van der Waals surface area (Å²) in [7, 11) is 1.76. The van der Waals surface area contributed by atoms with E-state index in [9.17, 15) is 8.78 Å². The van der Waals surface area contributed by atoms with Crippen LogP contribution in [0.15, 0.2) is 58.9 Å². The van der Waals surface area contributed by atoms with Crippen molar-refractivity contribution < 1.29 is 13.5 Å². The topological polar surface area (TPSA) is 53.3 Å². The van der Waals surface area contributed by atoms with E-state index in [1.54, 1.807) is 13.3 Å². The highest BCUT2D eigenvalue weighted by atomic mass is 32.2. The molecule has 2 aliphatic rings. The summed E-state index contributed by atoms with van der Waals surface area (Å²) < 4.78 is 33.3. The van der Waals surface area contributed by atoms with Gasteiger partial charge in [0.05, 0.1) is 24.6 Å². The molecule has 1 aromatic heterocycles. The van der Waals surface area contributed by atoms with Crippen molar-refractivity contribution in [3.8, 4) is 0 Å². The first kappa shape index (κ1) is 24.8. The van der Waals surface area contributed by atoms with E-state index >= 15 is 0 Å². The second-order valence-corrected chi connectivity index (χ2v) is 9.99. The molecule has 0 radical (unpaired) electrons. The van der Waals surface area contributed by atoms with Crippen LogP contribution in [0.25, 0.3) is 0 Å². The van der Waals surface area contributed by atoms with Crippen molar-refractivity contribution in [2.45, 2.75) is 50.4 Å². The molecular formula is C25H31F2N5OS. The standard InChI is InChI=1S/C25H31F2N5OS/c1-18(17-33-2)31-12-10-22(11-13-31)34-32(21-6-4-3-5-7-21)16-20-9-8-19(15-28-20)23-14-24(25(26)27)30-29-23/h3-9,15,18,22,25H,10-14,16-17H2,1-2H3. The van der Waals surface area contributed by atoms with Gasteiger partial charge in [0.15, 0.2) is 0 Å². The van der Waals surface area contributed by atoms with Gasteiger partial charge in [-0.2, -0.15) is 10.2 Å². The third-order valence-electron chi connectivity index (χ3n) is 6.19. The molecule has 3 heterocycles. The van der Waals surface area contributed by atoms with Crippen molar-refractivity contribution in [1.29, 1.82) is 0 Å². The van der Waals surface area contributed by atoms with Gasteiger partial charge >= 0.3 is 0 Å². The number of halogens is 2. The van der Waals surface area contributed by atoms with Crippen LogP contribution in [0, 0.1) is 0 Å². The maximum Gasteiger partial charge on any atom is 0.278 e. The summed E-state index contributed by atoms with van der Waals surface area (Å²) in [6.45, 7) is 5.78. The van der Waals surface area contributed by atoms with Crippen LogP contribution in [0.2, 0.25) is 0 Å². The van der Waals surface area contributed by atoms with Crippen LogP contribution in [0.5, 0.6) is 0 Å². The van der Waals surface area contributed by atoms with Crippen molar-refractivity contribution in [3.63, 3.8) is 0 Å². The first-order valence-electron chi connectivity index (χ1n) is 11.6. The first-order chi connectivity index (χ1) is 16.5. The molecule has 1 fully saturated rings. The van der Waals surface area contributed by atoms with Crippen molar-refractivity contribution >= 4 is 29.1 Å². The number of ether oxygens (including phenoxy) is 1. The SMILES string of the molecule is COCC(C)N1CCC(SN(Cc2ccc(C3=NN=C(C(F)F)C3)cn2)c2ccccc2)CC1. The lowest BCUT2D eigenvalue weighted by molar-refractivity contribution is 0.0876. The molecule has 0 N–H and O–H groups in total. The van der Waals surface area contributed by atoms with E-state index < -0.39 is 6.43 Å². The number of alkyl halides is 2. The zero-order valence-corrected chi connectivity index (χ0v) is 20.4. The number of nitrogens with zero attached hydrogens (tertiary/aromatic N) is 5. The number of likely N-dealkylation sites (tertiary alicyclic amines) is 1. The molecule has 9 heteroatoms. The molecule has 2 aromatic rings. The summed E-state index contributed by atoms with van der Waals surface area (Å²) >= 11 is 1.88. The molecule has 2 aliphatic heterocycles. The van der Waals surface area contributed by atoms with Gasteiger partial charge in [-0.3, -0.25) is 9.88 Å². The maximum atomic E-state index is 12.8. The van der Waals surface area contributed by atoms with Gasteiger partial charge in [0.25, 0.3) is 6.43 Å². The van der Waals surface area contributed by atoms with E-state index in [2.05, 4.69) is 43.4 Å². The lowest BCUT2D eigenvalue weighted by Gasteiger charge is -2.37. The molecule has 182 valence electrons. The van der Waals surface area contributed by atoms with Crippen LogP contribution in [0.1, 0.15) is 37.4 Å². The van der Waals surface area contributed by atoms with Crippen LogP contribution in [0.4, 0.5) is 14.5 Å². The van der Waals surface area contributed by atoms with Crippen molar-refractivity contribution in [1.82, 2.24) is 9.88 Å². The monoisotopic (exact) mass is 487 g/mol. The lowest BCUT2D eigenvalue weighted by atomic mass is 10.1. The maximum absolute atomic E-state index is 12.8. The Bertz CT molecular complexity index is 979. The molecule has 6 nitrogen and oxygen atoms in total. The van der Waals surface area contributed by atoms with E-state index in [-0.39, 0.29) is 12.1 Å². The predicted octanol–water partition coefficient (Wildman–Crippen LogP) is 5.05. The average molecular weight is 488 g/mol. The predicted molar refractivity (Wildman–Crippen MR) is 135 cm³/mol. The van der Waals surface area contributed by atoms with E-state index in [4.69, 9.17) is 4.74 Å². The fraction of sp³-hybridized carbons (Fsp3) is 0.480. The molecule has 0 saturated carbocycles. The molecule has 0 amide bonds. The molecule has 34 heavy (non-hydrogen) atoms. The van der Waals surface area contributed by atoms with Crippen LogP contribution in [-0.4, -0.2) is 65.8 Å². The number of para-hydroxylation sites is 1. The van der Waals surface area contributed by atoms with Gasteiger partial charge in [-0.1, -0.05) is 18.2 Å². The zero-order valence-electron chi connectivity index (χ0n) is 19.6. The fourth-order valence-electron chi connectivity index (χ4n) is 4.22. The Hall–Kier alpha value is -2.36. The van der Waals surface area contributed by atoms with E-state index in [0.717, 1.165) is 49.5 Å². The number of benzene rings is 1. The summed E-state index contributed by atoms with van der Waals surface area (Å²) in [5.74, 6) is 0. The minimum atomic E-state index is -2.57. The van der Waals surface area contributed by atoms with Crippen molar-refractivity contribution in [3.05, 3.63) is 59.9 Å². The van der Waals surface area contributed by atoms with Crippen molar-refractivity contribution in [2.24, 2.45) is 10.2 Å². The number of hydrogen-bond donors (Lipinski definition) is 0. The smallest absolute Gasteiger partial charge is 0.278 e. The number of rotatable bonds is 10. The Morgan fingerprint density at radius 2 is 1.88 bits per heavy atom. The minimum Gasteiger partial charge on any atom is -0.383 e. The van der Waals surface area contributed by atoms with E-state index in [1.165, 1.54) is 0 Å². The summed E-state index contributed by atoms with van der Waals surface area (Å²) in [5.41, 5.74) is 3.15. The molecule has 1 unspecified atom stereocenters. The molecule has 0 bridgehead atoms. The van der Waals surface area contributed by atoms with Crippen LogP contribution in [-0.2, 0) is 11.3 Å². The van der Waals surface area contributed by atoms with E-state index in [0.29, 0.717) is 23.5 Å². The highest BCUT2D eigenvalue weighted by molar-refractivity contribution is 8.01. The highest BCUT2D eigenvalue weighted by Gasteiger charge is 2.26. The third kappa shape index (κ3) is 6.40. The van der Waals surface area contributed by atoms with Gasteiger partial charge in [0.1, 0.15) is 5.71 Å². The molecule has 0 aliphatic carbocycles. The number of aromatic nitrogens is 1. The molecule has 1 atom stereocenters. The Labute approximate surface area is 204 Å². The minimum absolute atomic E-state index is 0.0758. The van der Waals surface area contributed by atoms with Gasteiger partial charge in [-0.05, 0) is 69.1 Å². The first-order valence-corrected chi connectivity index (χ1v) is 12.5. The van der Waals surface area contributed by atoms with Crippen LogP contribution in [0.3, 0.4) is 0 Å². The van der Waals surface area contributed by atoms with Gasteiger partial charge in [0.2, 0.25) is 0 Å². The molecule has 1 saturated heterocycles. The number of hydrogen-bond acceptors (Lipinski definition) is 7. The second kappa shape index (κ2) is 11.9. The van der Waals surface area contributed by atoms with E-state index in [1.807, 2.05) is 42.3 Å². The molecule has 4 rings (SSSR count). The number of pyridine rings is 1. The van der Waals surface area contributed by atoms with Gasteiger partial charge in [-0.15, -0.1) is 0 Å². The second-order valence-electron chi connectivity index (χ2n) is 8.67. The Kier molecular flexibility index (Phi) is 8.64. The molecular weight excluding hydrogens is 456 g/mol. The highest BCUT2D eigenvalue weighted by Crippen LogP contribution is 2.32. The molecule has 1 aromatic carbocycles. The van der Waals surface area contributed by atoms with Gasteiger partial charge in [0, 0.05) is 42.3 Å².